The maximum absolute atomic E-state index is 13.1. The van der Waals surface area contributed by atoms with Gasteiger partial charge in [-0.15, -0.1) is 10.2 Å². The molecular weight excluding hydrogens is 245 g/mol. The van der Waals surface area contributed by atoms with Crippen LogP contribution in [0.2, 0.25) is 0 Å². The molecule has 96 valence electrons. The fourth-order valence-corrected chi connectivity index (χ4v) is 3.01. The van der Waals surface area contributed by atoms with Crippen LogP contribution in [0.3, 0.4) is 0 Å². The second kappa shape index (κ2) is 4.04. The summed E-state index contributed by atoms with van der Waals surface area (Å²) in [5, 5.41) is 6.77. The lowest BCUT2D eigenvalue weighted by Crippen LogP contribution is -2.24. The molecule has 0 amide bonds. The first-order valence-electron chi connectivity index (χ1n) is 5.70. The molecule has 0 radical (unpaired) electrons. The Labute approximate surface area is 100 Å². The van der Waals surface area contributed by atoms with Crippen LogP contribution in [0.5, 0.6) is 0 Å². The molecular formula is C10H16FN3O2S. The average Bonchev–Trinajstić information content (AvgIpc) is 2.55. The Morgan fingerprint density at radius 1 is 1.35 bits per heavy atom. The van der Waals surface area contributed by atoms with E-state index < -0.39 is 15.4 Å². The highest BCUT2D eigenvalue weighted by atomic mass is 32.3. The minimum absolute atomic E-state index is 0.170. The highest BCUT2D eigenvalue weighted by Gasteiger charge is 2.34. The predicted octanol–water partition coefficient (Wildman–Crippen LogP) is 2.03. The topological polar surface area (TPSA) is 64.8 Å². The van der Waals surface area contributed by atoms with E-state index in [4.69, 9.17) is 0 Å². The third-order valence-electron chi connectivity index (χ3n) is 3.16. The van der Waals surface area contributed by atoms with Gasteiger partial charge < -0.3 is 0 Å². The molecule has 0 bridgehead atoms. The van der Waals surface area contributed by atoms with Crippen molar-refractivity contribution in [2.24, 2.45) is 5.92 Å². The molecule has 0 atom stereocenters. The van der Waals surface area contributed by atoms with Crippen molar-refractivity contribution in [2.45, 2.75) is 50.7 Å². The van der Waals surface area contributed by atoms with Crippen LogP contribution in [0.1, 0.15) is 51.4 Å². The molecule has 1 aliphatic carbocycles. The summed E-state index contributed by atoms with van der Waals surface area (Å²) >= 11 is 0. The first-order valence-corrected chi connectivity index (χ1v) is 7.08. The summed E-state index contributed by atoms with van der Waals surface area (Å²) < 4.78 is 36.4. The van der Waals surface area contributed by atoms with Gasteiger partial charge in [0.1, 0.15) is 5.82 Å². The monoisotopic (exact) mass is 261 g/mol. The van der Waals surface area contributed by atoms with Crippen molar-refractivity contribution in [1.82, 2.24) is 14.8 Å². The number of hydrogen-bond acceptors (Lipinski definition) is 4. The van der Waals surface area contributed by atoms with E-state index >= 15 is 0 Å². The summed E-state index contributed by atoms with van der Waals surface area (Å²) in [6.45, 7) is 5.71. The lowest BCUT2D eigenvalue weighted by Gasteiger charge is -2.32. The molecule has 0 N–H and O–H groups in total. The van der Waals surface area contributed by atoms with E-state index in [0.717, 1.165) is 12.8 Å². The van der Waals surface area contributed by atoms with Crippen LogP contribution in [0.25, 0.3) is 0 Å². The number of aromatic nitrogens is 3. The molecule has 0 aromatic carbocycles. The minimum atomic E-state index is -4.80. The molecule has 2 rings (SSSR count). The van der Waals surface area contributed by atoms with Gasteiger partial charge in [-0.2, -0.15) is 8.42 Å². The van der Waals surface area contributed by atoms with Crippen LogP contribution in [-0.2, 0) is 10.2 Å². The molecule has 0 saturated heterocycles. The van der Waals surface area contributed by atoms with Gasteiger partial charge in [-0.25, -0.2) is 0 Å². The molecule has 1 saturated carbocycles. The van der Waals surface area contributed by atoms with Gasteiger partial charge in [0.2, 0.25) is 0 Å². The van der Waals surface area contributed by atoms with Crippen molar-refractivity contribution in [3.05, 3.63) is 5.82 Å². The Kier molecular flexibility index (Phi) is 2.97. The molecule has 5 nitrogen and oxygen atoms in total. The second-order valence-corrected chi connectivity index (χ2v) is 6.26. The standard InChI is InChI=1S/C10H16FN3O2S/c1-6(2)14-9(8-4-7(3)5-8)12-13-10(14)17(11,15)16/h6-8H,4-5H2,1-3H3. The maximum Gasteiger partial charge on any atom is 0.368 e. The third kappa shape index (κ3) is 2.20. The molecule has 1 aliphatic rings. The first kappa shape index (κ1) is 12.5. The van der Waals surface area contributed by atoms with Crippen LogP contribution in [0.15, 0.2) is 5.16 Å². The molecule has 0 aliphatic heterocycles. The largest absolute Gasteiger partial charge is 0.368 e. The van der Waals surface area contributed by atoms with E-state index in [1.54, 1.807) is 13.8 Å². The Hall–Kier alpha value is -0.980. The minimum Gasteiger partial charge on any atom is -0.297 e. The van der Waals surface area contributed by atoms with Crippen molar-refractivity contribution in [3.8, 4) is 0 Å². The molecule has 1 aromatic rings. The SMILES string of the molecule is CC1CC(c2nnc(S(=O)(=O)F)n2C(C)C)C1. The number of hydrogen-bond donors (Lipinski definition) is 0. The lowest BCUT2D eigenvalue weighted by molar-refractivity contribution is 0.266. The van der Waals surface area contributed by atoms with Gasteiger partial charge in [0.25, 0.3) is 5.16 Å². The summed E-state index contributed by atoms with van der Waals surface area (Å²) in [6.07, 6.45) is 1.91. The fraction of sp³-hybridized carbons (Fsp3) is 0.800. The lowest BCUT2D eigenvalue weighted by atomic mass is 9.75. The van der Waals surface area contributed by atoms with Crippen molar-refractivity contribution >= 4 is 10.2 Å². The van der Waals surface area contributed by atoms with Gasteiger partial charge in [0, 0.05) is 12.0 Å². The van der Waals surface area contributed by atoms with E-state index in [-0.39, 0.29) is 12.0 Å². The predicted molar refractivity (Wildman–Crippen MR) is 59.8 cm³/mol. The van der Waals surface area contributed by atoms with Crippen molar-refractivity contribution < 1.29 is 12.3 Å². The first-order chi connectivity index (χ1) is 7.80. The summed E-state index contributed by atoms with van der Waals surface area (Å²) in [5.41, 5.74) is 0. The highest BCUT2D eigenvalue weighted by molar-refractivity contribution is 7.86. The maximum atomic E-state index is 13.1. The zero-order chi connectivity index (χ0) is 12.8. The number of halogens is 1. The molecule has 1 aromatic heterocycles. The Bertz CT molecular complexity index is 518. The van der Waals surface area contributed by atoms with E-state index in [1.807, 2.05) is 0 Å². The van der Waals surface area contributed by atoms with E-state index in [1.165, 1.54) is 4.57 Å². The normalized spacial score (nSPS) is 25.0. The molecule has 7 heteroatoms. The Morgan fingerprint density at radius 3 is 2.35 bits per heavy atom. The number of nitrogens with zero attached hydrogens (tertiary/aromatic N) is 3. The smallest absolute Gasteiger partial charge is 0.297 e. The Morgan fingerprint density at radius 2 is 1.94 bits per heavy atom. The molecule has 1 heterocycles. The summed E-state index contributed by atoms with van der Waals surface area (Å²) in [6, 6.07) is -0.170. The van der Waals surface area contributed by atoms with E-state index in [9.17, 15) is 12.3 Å². The van der Waals surface area contributed by atoms with Gasteiger partial charge in [0.05, 0.1) is 0 Å². The number of rotatable bonds is 3. The van der Waals surface area contributed by atoms with Crippen LogP contribution >= 0.6 is 0 Å². The molecule has 0 spiro atoms. The second-order valence-electron chi connectivity index (χ2n) is 5.02. The molecule has 0 unspecified atom stereocenters. The van der Waals surface area contributed by atoms with Crippen LogP contribution < -0.4 is 0 Å². The van der Waals surface area contributed by atoms with E-state index in [2.05, 4.69) is 17.1 Å². The fourth-order valence-electron chi connectivity index (χ4n) is 2.33. The van der Waals surface area contributed by atoms with E-state index in [0.29, 0.717) is 11.7 Å². The van der Waals surface area contributed by atoms with Crippen LogP contribution in [0, 0.1) is 5.92 Å². The van der Waals surface area contributed by atoms with Crippen LogP contribution in [-0.4, -0.2) is 23.2 Å². The Balaban J connectivity index is 2.44. The summed E-state index contributed by atoms with van der Waals surface area (Å²) in [7, 11) is -4.80. The van der Waals surface area contributed by atoms with Crippen LogP contribution in [0.4, 0.5) is 3.89 Å². The molecule has 1 fully saturated rings. The molecule has 17 heavy (non-hydrogen) atoms. The summed E-state index contributed by atoms with van der Waals surface area (Å²) in [5.74, 6) is 1.41. The van der Waals surface area contributed by atoms with Gasteiger partial charge in [-0.3, -0.25) is 4.57 Å². The summed E-state index contributed by atoms with van der Waals surface area (Å²) in [4.78, 5) is 0. The van der Waals surface area contributed by atoms with Gasteiger partial charge in [0.15, 0.2) is 0 Å². The average molecular weight is 261 g/mol. The third-order valence-corrected chi connectivity index (χ3v) is 3.88. The zero-order valence-corrected chi connectivity index (χ0v) is 10.9. The van der Waals surface area contributed by atoms with Crippen molar-refractivity contribution in [2.75, 3.05) is 0 Å². The quantitative estimate of drug-likeness (QED) is 0.781. The zero-order valence-electron chi connectivity index (χ0n) is 10.1. The van der Waals surface area contributed by atoms with Gasteiger partial charge >= 0.3 is 10.2 Å². The van der Waals surface area contributed by atoms with Gasteiger partial charge in [-0.05, 0) is 32.6 Å². The van der Waals surface area contributed by atoms with Gasteiger partial charge in [-0.1, -0.05) is 10.8 Å². The highest BCUT2D eigenvalue weighted by Crippen LogP contribution is 2.41. The van der Waals surface area contributed by atoms with Crippen molar-refractivity contribution in [3.63, 3.8) is 0 Å². The van der Waals surface area contributed by atoms with Crippen molar-refractivity contribution in [1.29, 1.82) is 0 Å².